The minimum Gasteiger partial charge on any atom is -0.377 e. The Morgan fingerprint density at radius 1 is 1.20 bits per heavy atom. The fraction of sp³-hybridized carbons (Fsp3) is 0.267. The number of nitrogens with zero attached hydrogens (tertiary/aromatic N) is 1. The Bertz CT molecular complexity index is 576. The monoisotopic (exact) mass is 398 g/mol. The summed E-state index contributed by atoms with van der Waals surface area (Å²) < 4.78 is 7.38. The molecule has 1 N–H and O–H groups in total. The first-order valence-electron chi connectivity index (χ1n) is 6.40. The highest BCUT2D eigenvalue weighted by Crippen LogP contribution is 2.24. The molecule has 106 valence electrons. The van der Waals surface area contributed by atoms with Crippen molar-refractivity contribution in [1.82, 2.24) is 4.98 Å². The van der Waals surface area contributed by atoms with Crippen molar-refractivity contribution in [2.24, 2.45) is 0 Å². The van der Waals surface area contributed by atoms with E-state index in [1.807, 2.05) is 25.1 Å². The van der Waals surface area contributed by atoms with Gasteiger partial charge in [-0.25, -0.2) is 4.98 Å². The summed E-state index contributed by atoms with van der Waals surface area (Å²) in [6.07, 6.45) is 1.78. The highest BCUT2D eigenvalue weighted by molar-refractivity contribution is 9.11. The summed E-state index contributed by atoms with van der Waals surface area (Å²) in [6, 6.07) is 10.2. The molecule has 0 aliphatic heterocycles. The molecule has 0 atom stereocenters. The third kappa shape index (κ3) is 4.30. The predicted octanol–water partition coefficient (Wildman–Crippen LogP) is 4.76. The number of anilines is 1. The molecule has 5 heteroatoms. The Morgan fingerprint density at radius 3 is 2.65 bits per heavy atom. The van der Waals surface area contributed by atoms with E-state index in [0.29, 0.717) is 6.61 Å². The average Bonchev–Trinajstić information content (AvgIpc) is 2.45. The van der Waals surface area contributed by atoms with Crippen LogP contribution < -0.4 is 5.32 Å². The van der Waals surface area contributed by atoms with Crippen LogP contribution in [0.15, 0.2) is 45.5 Å². The highest BCUT2D eigenvalue weighted by Gasteiger charge is 2.05. The van der Waals surface area contributed by atoms with E-state index in [1.54, 1.807) is 6.20 Å². The smallest absolute Gasteiger partial charge is 0.140 e. The first-order chi connectivity index (χ1) is 9.70. The van der Waals surface area contributed by atoms with E-state index in [0.717, 1.165) is 27.9 Å². The Morgan fingerprint density at radius 2 is 1.95 bits per heavy atom. The van der Waals surface area contributed by atoms with E-state index in [4.69, 9.17) is 4.74 Å². The van der Waals surface area contributed by atoms with Gasteiger partial charge in [-0.1, -0.05) is 24.3 Å². The van der Waals surface area contributed by atoms with Crippen molar-refractivity contribution < 1.29 is 4.74 Å². The van der Waals surface area contributed by atoms with Crippen molar-refractivity contribution in [2.75, 3.05) is 11.9 Å². The first-order valence-corrected chi connectivity index (χ1v) is 7.98. The van der Waals surface area contributed by atoms with Gasteiger partial charge in [0.2, 0.25) is 0 Å². The lowest BCUT2D eigenvalue weighted by atomic mass is 10.1. The lowest BCUT2D eigenvalue weighted by molar-refractivity contribution is 0.133. The van der Waals surface area contributed by atoms with Gasteiger partial charge in [-0.2, -0.15) is 0 Å². The van der Waals surface area contributed by atoms with E-state index in [9.17, 15) is 0 Å². The maximum Gasteiger partial charge on any atom is 0.140 e. The van der Waals surface area contributed by atoms with Crippen molar-refractivity contribution in [2.45, 2.75) is 20.1 Å². The third-order valence-corrected chi connectivity index (χ3v) is 3.87. The molecule has 2 aromatic rings. The minimum absolute atomic E-state index is 0.642. The van der Waals surface area contributed by atoms with E-state index in [2.05, 4.69) is 54.3 Å². The van der Waals surface area contributed by atoms with Crippen LogP contribution in [-0.2, 0) is 17.9 Å². The molecule has 1 aromatic heterocycles. The van der Waals surface area contributed by atoms with Crippen LogP contribution in [0.3, 0.4) is 0 Å². The highest BCUT2D eigenvalue weighted by atomic mass is 79.9. The van der Waals surface area contributed by atoms with Gasteiger partial charge in [0.05, 0.1) is 11.1 Å². The number of hydrogen-bond donors (Lipinski definition) is 1. The van der Waals surface area contributed by atoms with Gasteiger partial charge < -0.3 is 10.1 Å². The van der Waals surface area contributed by atoms with Crippen LogP contribution in [0.5, 0.6) is 0 Å². The van der Waals surface area contributed by atoms with Crippen molar-refractivity contribution in [1.29, 1.82) is 0 Å². The lowest BCUT2D eigenvalue weighted by Crippen LogP contribution is -2.05. The van der Waals surface area contributed by atoms with Crippen LogP contribution in [0.25, 0.3) is 0 Å². The maximum absolute atomic E-state index is 5.49. The number of halogens is 2. The zero-order valence-electron chi connectivity index (χ0n) is 11.2. The van der Waals surface area contributed by atoms with Crippen molar-refractivity contribution in [3.63, 3.8) is 0 Å². The lowest BCUT2D eigenvalue weighted by Gasteiger charge is -2.12. The van der Waals surface area contributed by atoms with E-state index >= 15 is 0 Å². The molecule has 1 aromatic carbocycles. The average molecular weight is 400 g/mol. The summed E-state index contributed by atoms with van der Waals surface area (Å²) in [4.78, 5) is 4.35. The Kier molecular flexibility index (Phi) is 6.01. The molecule has 0 fully saturated rings. The quantitative estimate of drug-likeness (QED) is 0.760. The number of hydrogen-bond acceptors (Lipinski definition) is 3. The van der Waals surface area contributed by atoms with Crippen molar-refractivity contribution in [3.8, 4) is 0 Å². The second kappa shape index (κ2) is 7.76. The van der Waals surface area contributed by atoms with Gasteiger partial charge in [0, 0.05) is 23.8 Å². The molecule has 0 radical (unpaired) electrons. The molecule has 0 aliphatic carbocycles. The predicted molar refractivity (Wildman–Crippen MR) is 88.7 cm³/mol. The number of benzene rings is 1. The summed E-state index contributed by atoms with van der Waals surface area (Å²) >= 11 is 6.90. The SMILES string of the molecule is CCOCc1ccccc1CNc1ncc(Br)cc1Br. The molecule has 0 spiro atoms. The third-order valence-electron chi connectivity index (χ3n) is 2.83. The van der Waals surface area contributed by atoms with Crippen LogP contribution >= 0.6 is 31.9 Å². The molecular formula is C15H16Br2N2O. The molecule has 0 saturated heterocycles. The summed E-state index contributed by atoms with van der Waals surface area (Å²) in [5.41, 5.74) is 2.42. The van der Waals surface area contributed by atoms with Gasteiger partial charge >= 0.3 is 0 Å². The van der Waals surface area contributed by atoms with Gasteiger partial charge in [0.15, 0.2) is 0 Å². The molecule has 2 rings (SSSR count). The normalized spacial score (nSPS) is 10.6. The second-order valence-electron chi connectivity index (χ2n) is 4.24. The van der Waals surface area contributed by atoms with Crippen molar-refractivity contribution >= 4 is 37.7 Å². The molecule has 0 unspecified atom stereocenters. The molecule has 0 saturated carbocycles. The van der Waals surface area contributed by atoms with Crippen LogP contribution in [0, 0.1) is 0 Å². The molecule has 0 aliphatic rings. The summed E-state index contributed by atoms with van der Waals surface area (Å²) in [7, 11) is 0. The molecule has 1 heterocycles. The standard InChI is InChI=1S/C15H16Br2N2O/c1-2-20-10-12-6-4-3-5-11(12)8-18-15-14(17)7-13(16)9-19-15/h3-7,9H,2,8,10H2,1H3,(H,18,19). The van der Waals surface area contributed by atoms with Gasteiger partial charge in [-0.05, 0) is 56.0 Å². The largest absolute Gasteiger partial charge is 0.377 e. The van der Waals surface area contributed by atoms with E-state index in [-0.39, 0.29) is 0 Å². The van der Waals surface area contributed by atoms with Gasteiger partial charge in [-0.15, -0.1) is 0 Å². The van der Waals surface area contributed by atoms with E-state index < -0.39 is 0 Å². The van der Waals surface area contributed by atoms with Gasteiger partial charge in [0.1, 0.15) is 5.82 Å². The molecule has 0 bridgehead atoms. The number of pyridine rings is 1. The summed E-state index contributed by atoms with van der Waals surface area (Å²) in [5.74, 6) is 0.833. The number of nitrogens with one attached hydrogen (secondary N) is 1. The number of rotatable bonds is 6. The Labute approximate surface area is 136 Å². The first kappa shape index (κ1) is 15.5. The molecule has 20 heavy (non-hydrogen) atoms. The summed E-state index contributed by atoms with van der Waals surface area (Å²) in [5, 5.41) is 3.34. The van der Waals surface area contributed by atoms with E-state index in [1.165, 1.54) is 11.1 Å². The van der Waals surface area contributed by atoms with Crippen LogP contribution in [0.2, 0.25) is 0 Å². The fourth-order valence-electron chi connectivity index (χ4n) is 1.81. The molecular weight excluding hydrogens is 384 g/mol. The van der Waals surface area contributed by atoms with Crippen LogP contribution in [0.4, 0.5) is 5.82 Å². The topological polar surface area (TPSA) is 34.1 Å². The van der Waals surface area contributed by atoms with Crippen LogP contribution in [-0.4, -0.2) is 11.6 Å². The molecule has 3 nitrogen and oxygen atoms in total. The number of aromatic nitrogens is 1. The Hall–Kier alpha value is -0.910. The maximum atomic E-state index is 5.49. The van der Waals surface area contributed by atoms with Gasteiger partial charge in [0.25, 0.3) is 0 Å². The van der Waals surface area contributed by atoms with Crippen LogP contribution in [0.1, 0.15) is 18.1 Å². The zero-order valence-corrected chi connectivity index (χ0v) is 14.4. The van der Waals surface area contributed by atoms with Gasteiger partial charge in [-0.3, -0.25) is 0 Å². The van der Waals surface area contributed by atoms with Crippen molar-refractivity contribution in [3.05, 3.63) is 56.6 Å². The minimum atomic E-state index is 0.642. The number of ether oxygens (including phenoxy) is 1. The fourth-order valence-corrected chi connectivity index (χ4v) is 2.93. The Balaban J connectivity index is 2.06. The zero-order chi connectivity index (χ0) is 14.4. The molecule has 0 amide bonds. The summed E-state index contributed by atoms with van der Waals surface area (Å²) in [6.45, 7) is 4.09. The second-order valence-corrected chi connectivity index (χ2v) is 6.01.